The van der Waals surface area contributed by atoms with Crippen LogP contribution in [0.1, 0.15) is 55.0 Å². The molecular weight excluding hydrogens is 380 g/mol. The van der Waals surface area contributed by atoms with Crippen molar-refractivity contribution >= 4 is 16.9 Å². The van der Waals surface area contributed by atoms with Crippen LogP contribution in [0.5, 0.6) is 0 Å². The van der Waals surface area contributed by atoms with E-state index in [-0.39, 0.29) is 18.6 Å². The summed E-state index contributed by atoms with van der Waals surface area (Å²) in [6, 6.07) is 8.13. The number of aromatic nitrogens is 2. The van der Waals surface area contributed by atoms with Crippen molar-refractivity contribution in [3.8, 4) is 11.4 Å². The summed E-state index contributed by atoms with van der Waals surface area (Å²) in [6.45, 7) is 6.27. The van der Waals surface area contributed by atoms with Crippen LogP contribution >= 0.6 is 0 Å². The topological polar surface area (TPSA) is 81.4 Å². The van der Waals surface area contributed by atoms with E-state index in [0.717, 1.165) is 35.0 Å². The molecular formula is C24H24N2O4. The van der Waals surface area contributed by atoms with Crippen molar-refractivity contribution < 1.29 is 14.6 Å². The third-order valence-corrected chi connectivity index (χ3v) is 6.63. The Morgan fingerprint density at radius 2 is 1.93 bits per heavy atom. The highest BCUT2D eigenvalue weighted by molar-refractivity contribution is 5.89. The Balaban J connectivity index is 1.83. The number of benzene rings is 1. The molecule has 0 unspecified atom stereocenters. The van der Waals surface area contributed by atoms with Crippen LogP contribution in [0.2, 0.25) is 0 Å². The predicted molar refractivity (Wildman–Crippen MR) is 113 cm³/mol. The third-order valence-electron chi connectivity index (χ3n) is 6.63. The number of aliphatic hydroxyl groups is 1. The van der Waals surface area contributed by atoms with Crippen LogP contribution in [0, 0.1) is 0 Å². The highest BCUT2D eigenvalue weighted by Gasteiger charge is 2.45. The molecule has 6 heteroatoms. The predicted octanol–water partition coefficient (Wildman–Crippen LogP) is 3.20. The molecule has 0 saturated heterocycles. The second-order valence-electron chi connectivity index (χ2n) is 8.08. The average molecular weight is 404 g/mol. The van der Waals surface area contributed by atoms with Crippen molar-refractivity contribution in [1.29, 1.82) is 0 Å². The quantitative estimate of drug-likeness (QED) is 0.531. The van der Waals surface area contributed by atoms with Crippen molar-refractivity contribution in [2.24, 2.45) is 0 Å². The van der Waals surface area contributed by atoms with E-state index in [0.29, 0.717) is 23.4 Å². The first kappa shape index (κ1) is 19.0. The first-order valence-corrected chi connectivity index (χ1v) is 10.5. The Kier molecular flexibility index (Phi) is 4.12. The lowest BCUT2D eigenvalue weighted by atomic mass is 9.86. The van der Waals surface area contributed by atoms with Gasteiger partial charge < -0.3 is 14.4 Å². The van der Waals surface area contributed by atoms with Crippen molar-refractivity contribution in [2.45, 2.75) is 58.8 Å². The first-order valence-electron chi connectivity index (χ1n) is 10.5. The van der Waals surface area contributed by atoms with Gasteiger partial charge in [0.15, 0.2) is 5.60 Å². The number of carbonyl (C=O) groups excluding carboxylic acids is 1. The van der Waals surface area contributed by atoms with Crippen LogP contribution in [-0.2, 0) is 41.1 Å². The van der Waals surface area contributed by atoms with Gasteiger partial charge in [-0.3, -0.25) is 4.79 Å². The highest BCUT2D eigenvalue weighted by atomic mass is 16.6. The lowest BCUT2D eigenvalue weighted by molar-refractivity contribution is -0.172. The molecule has 0 amide bonds. The fourth-order valence-corrected chi connectivity index (χ4v) is 4.84. The number of hydrogen-bond acceptors (Lipinski definition) is 5. The molecule has 0 spiro atoms. The zero-order valence-electron chi connectivity index (χ0n) is 17.4. The van der Waals surface area contributed by atoms with Crippen LogP contribution in [0.25, 0.3) is 22.3 Å². The van der Waals surface area contributed by atoms with E-state index in [1.54, 1.807) is 17.6 Å². The van der Waals surface area contributed by atoms with E-state index in [4.69, 9.17) is 9.72 Å². The van der Waals surface area contributed by atoms with E-state index in [1.165, 1.54) is 11.1 Å². The summed E-state index contributed by atoms with van der Waals surface area (Å²) < 4.78 is 6.84. The maximum absolute atomic E-state index is 13.3. The highest BCUT2D eigenvalue weighted by Crippen LogP contribution is 2.40. The van der Waals surface area contributed by atoms with Gasteiger partial charge in [0.05, 0.1) is 29.0 Å². The standard InChI is InChI=1S/C24H24N2O4/c1-4-13-7-8-15-14(5-2)16-11-26-20(21(16)25-19(15)9-13)10-18-17(22(26)27)12-30-23(28)24(18,29)6-3/h7-10,29H,4-6,11-12H2,1-3H3/t24-/m0/s1. The largest absolute Gasteiger partial charge is 0.458 e. The Bertz CT molecular complexity index is 1290. The summed E-state index contributed by atoms with van der Waals surface area (Å²) in [5.74, 6) is -0.701. The number of nitrogens with zero attached hydrogens (tertiary/aromatic N) is 2. The van der Waals surface area contributed by atoms with Crippen LogP contribution in [0.15, 0.2) is 29.1 Å². The van der Waals surface area contributed by atoms with Gasteiger partial charge in [-0.05, 0) is 42.5 Å². The smallest absolute Gasteiger partial charge is 0.343 e. The van der Waals surface area contributed by atoms with Crippen molar-refractivity contribution in [3.05, 3.63) is 62.4 Å². The summed E-state index contributed by atoms with van der Waals surface area (Å²) in [5.41, 5.74) is 4.47. The Morgan fingerprint density at radius 1 is 1.13 bits per heavy atom. The molecule has 3 aromatic rings. The molecule has 0 saturated carbocycles. The van der Waals surface area contributed by atoms with Gasteiger partial charge in [0, 0.05) is 16.5 Å². The van der Waals surface area contributed by atoms with Gasteiger partial charge in [-0.15, -0.1) is 0 Å². The molecule has 2 aromatic heterocycles. The Labute approximate surface area is 174 Å². The van der Waals surface area contributed by atoms with E-state index in [2.05, 4.69) is 32.0 Å². The molecule has 5 rings (SSSR count). The maximum atomic E-state index is 13.3. The average Bonchev–Trinajstić information content (AvgIpc) is 3.13. The number of esters is 1. The summed E-state index contributed by atoms with van der Waals surface area (Å²) in [6.07, 6.45) is 1.89. The second kappa shape index (κ2) is 6.51. The maximum Gasteiger partial charge on any atom is 0.343 e. The SMILES string of the molecule is CCc1ccc2c(CC)c3c(nc2c1)-c1cc2c(c(=O)n1C3)COC(=O)[C@]2(O)CC. The van der Waals surface area contributed by atoms with Gasteiger partial charge in [0.1, 0.15) is 6.61 Å². The minimum absolute atomic E-state index is 0.109. The van der Waals surface area contributed by atoms with Crippen molar-refractivity contribution in [1.82, 2.24) is 9.55 Å². The van der Waals surface area contributed by atoms with Crippen molar-refractivity contribution in [2.75, 3.05) is 0 Å². The number of ether oxygens (including phenoxy) is 1. The van der Waals surface area contributed by atoms with Crippen LogP contribution in [-0.4, -0.2) is 20.6 Å². The molecule has 1 atom stereocenters. The van der Waals surface area contributed by atoms with Gasteiger partial charge in [-0.2, -0.15) is 0 Å². The normalized spacial score (nSPS) is 19.4. The molecule has 0 aliphatic carbocycles. The summed E-state index contributed by atoms with van der Waals surface area (Å²) in [7, 11) is 0. The summed E-state index contributed by atoms with van der Waals surface area (Å²) in [5, 5.41) is 12.1. The molecule has 1 aromatic carbocycles. The van der Waals surface area contributed by atoms with Crippen LogP contribution < -0.4 is 5.56 Å². The first-order chi connectivity index (χ1) is 14.4. The number of fused-ring (bicyclic) bond motifs is 5. The van der Waals surface area contributed by atoms with E-state index in [1.807, 2.05) is 0 Å². The fourth-order valence-electron chi connectivity index (χ4n) is 4.84. The van der Waals surface area contributed by atoms with Crippen molar-refractivity contribution in [3.63, 3.8) is 0 Å². The number of pyridine rings is 2. The zero-order valence-corrected chi connectivity index (χ0v) is 17.4. The van der Waals surface area contributed by atoms with Crippen LogP contribution in [0.3, 0.4) is 0 Å². The summed E-state index contributed by atoms with van der Waals surface area (Å²) >= 11 is 0. The lowest BCUT2D eigenvalue weighted by Gasteiger charge is -2.31. The van der Waals surface area contributed by atoms with E-state index in [9.17, 15) is 14.7 Å². The molecule has 0 radical (unpaired) electrons. The van der Waals surface area contributed by atoms with Gasteiger partial charge in [-0.25, -0.2) is 9.78 Å². The number of cyclic esters (lactones) is 1. The minimum Gasteiger partial charge on any atom is -0.458 e. The summed E-state index contributed by atoms with van der Waals surface area (Å²) in [4.78, 5) is 30.6. The minimum atomic E-state index is -1.80. The van der Waals surface area contributed by atoms with E-state index < -0.39 is 11.6 Å². The number of aryl methyl sites for hydroxylation is 2. The second-order valence-corrected chi connectivity index (χ2v) is 8.08. The molecule has 0 bridgehead atoms. The Hall–Kier alpha value is -2.99. The monoisotopic (exact) mass is 404 g/mol. The lowest BCUT2D eigenvalue weighted by Crippen LogP contribution is -2.44. The van der Waals surface area contributed by atoms with Gasteiger partial charge in [0.25, 0.3) is 5.56 Å². The molecule has 30 heavy (non-hydrogen) atoms. The van der Waals surface area contributed by atoms with Gasteiger partial charge in [0.2, 0.25) is 0 Å². The molecule has 2 aliphatic rings. The van der Waals surface area contributed by atoms with E-state index >= 15 is 0 Å². The molecule has 6 nitrogen and oxygen atoms in total. The molecule has 4 heterocycles. The number of carbonyl (C=O) groups is 1. The third kappa shape index (κ3) is 2.37. The number of hydrogen-bond donors (Lipinski definition) is 1. The molecule has 0 fully saturated rings. The fraction of sp³-hybridized carbons (Fsp3) is 0.375. The Morgan fingerprint density at radius 3 is 2.63 bits per heavy atom. The van der Waals surface area contributed by atoms with Gasteiger partial charge in [-0.1, -0.05) is 32.9 Å². The zero-order chi connectivity index (χ0) is 21.2. The molecule has 154 valence electrons. The van der Waals surface area contributed by atoms with Crippen LogP contribution in [0.4, 0.5) is 0 Å². The molecule has 1 N–H and O–H groups in total. The van der Waals surface area contributed by atoms with Gasteiger partial charge >= 0.3 is 5.97 Å². The number of rotatable bonds is 3. The molecule has 2 aliphatic heterocycles.